The lowest BCUT2D eigenvalue weighted by molar-refractivity contribution is 0.0920. The lowest BCUT2D eigenvalue weighted by Gasteiger charge is -2.26. The molecule has 1 heterocycles. The molecule has 1 aliphatic carbocycles. The number of amides is 1. The summed E-state index contributed by atoms with van der Waals surface area (Å²) in [6, 6.07) is 0.519. The van der Waals surface area contributed by atoms with Gasteiger partial charge in [-0.1, -0.05) is 0 Å². The minimum Gasteiger partial charge on any atom is -0.448 e. The fraction of sp³-hybridized carbons (Fsp3) is 0.636. The van der Waals surface area contributed by atoms with Gasteiger partial charge in [-0.25, -0.2) is 4.98 Å². The van der Waals surface area contributed by atoms with Gasteiger partial charge >= 0.3 is 0 Å². The summed E-state index contributed by atoms with van der Waals surface area (Å²) in [6.07, 6.45) is 5.14. The molecule has 0 radical (unpaired) electrons. The Morgan fingerprint density at radius 1 is 1.47 bits per heavy atom. The van der Waals surface area contributed by atoms with Crippen molar-refractivity contribution < 1.29 is 9.21 Å². The summed E-state index contributed by atoms with van der Waals surface area (Å²) in [5.74, 6) is 0.414. The molecule has 5 nitrogen and oxygen atoms in total. The molecule has 17 heavy (non-hydrogen) atoms. The van der Waals surface area contributed by atoms with E-state index in [2.05, 4.69) is 10.3 Å². The van der Waals surface area contributed by atoms with Crippen LogP contribution in [0.1, 0.15) is 41.9 Å². The van der Waals surface area contributed by atoms with E-state index in [1.165, 1.54) is 6.39 Å². The highest BCUT2D eigenvalue weighted by molar-refractivity contribution is 5.93. The van der Waals surface area contributed by atoms with Crippen LogP contribution in [-0.4, -0.2) is 23.0 Å². The van der Waals surface area contributed by atoms with E-state index < -0.39 is 0 Å². The molecule has 1 aliphatic rings. The third-order valence-electron chi connectivity index (χ3n) is 3.07. The van der Waals surface area contributed by atoms with Crippen molar-refractivity contribution >= 4 is 18.3 Å². The molecule has 0 unspecified atom stereocenters. The summed E-state index contributed by atoms with van der Waals surface area (Å²) in [6.45, 7) is 1.73. The Balaban J connectivity index is 0.00000144. The molecule has 0 spiro atoms. The minimum atomic E-state index is -0.147. The first-order valence-corrected chi connectivity index (χ1v) is 5.63. The van der Waals surface area contributed by atoms with Crippen LogP contribution in [0.2, 0.25) is 0 Å². The molecular formula is C11H18ClN3O2. The summed E-state index contributed by atoms with van der Waals surface area (Å²) in [5, 5.41) is 2.97. The number of halogens is 1. The summed E-state index contributed by atoms with van der Waals surface area (Å²) in [5.41, 5.74) is 6.19. The van der Waals surface area contributed by atoms with Crippen LogP contribution in [0.4, 0.5) is 0 Å². The third-order valence-corrected chi connectivity index (χ3v) is 3.07. The molecule has 0 aliphatic heterocycles. The Hall–Kier alpha value is -1.07. The number of aryl methyl sites for hydroxylation is 1. The standard InChI is InChI=1S/C11H17N3O2.ClH/c1-7-10(13-6-16-7)11(15)14-9-4-2-8(12)3-5-9;/h6,8-9H,2-5,12H2,1H3,(H,14,15);1H. The lowest BCUT2D eigenvalue weighted by atomic mass is 9.92. The van der Waals surface area contributed by atoms with Crippen molar-refractivity contribution in [2.24, 2.45) is 5.73 Å². The summed E-state index contributed by atoms with van der Waals surface area (Å²) >= 11 is 0. The molecule has 0 aromatic carbocycles. The molecule has 1 saturated carbocycles. The number of hydrogen-bond acceptors (Lipinski definition) is 4. The van der Waals surface area contributed by atoms with Gasteiger partial charge in [0, 0.05) is 12.1 Å². The Bertz CT molecular complexity index is 373. The van der Waals surface area contributed by atoms with Gasteiger partial charge in [0.05, 0.1) is 0 Å². The first kappa shape index (κ1) is 14.0. The number of hydrogen-bond donors (Lipinski definition) is 2. The van der Waals surface area contributed by atoms with Crippen LogP contribution in [0, 0.1) is 6.92 Å². The largest absolute Gasteiger partial charge is 0.448 e. The number of nitrogens with zero attached hydrogens (tertiary/aromatic N) is 1. The molecular weight excluding hydrogens is 242 g/mol. The van der Waals surface area contributed by atoms with Gasteiger partial charge < -0.3 is 15.5 Å². The summed E-state index contributed by atoms with van der Waals surface area (Å²) in [7, 11) is 0. The van der Waals surface area contributed by atoms with E-state index >= 15 is 0 Å². The highest BCUT2D eigenvalue weighted by atomic mass is 35.5. The van der Waals surface area contributed by atoms with Crippen molar-refractivity contribution in [1.82, 2.24) is 10.3 Å². The fourth-order valence-electron chi connectivity index (χ4n) is 2.04. The predicted octanol–water partition coefficient (Wildman–Crippen LogP) is 1.40. The Labute approximate surface area is 107 Å². The average molecular weight is 260 g/mol. The molecule has 0 saturated heterocycles. The number of carbonyl (C=O) groups is 1. The average Bonchev–Trinajstić information content (AvgIpc) is 2.68. The van der Waals surface area contributed by atoms with Gasteiger partial charge in [-0.2, -0.15) is 0 Å². The molecule has 1 aromatic heterocycles. The van der Waals surface area contributed by atoms with Crippen molar-refractivity contribution in [3.05, 3.63) is 17.8 Å². The predicted molar refractivity (Wildman–Crippen MR) is 66.2 cm³/mol. The molecule has 3 N–H and O–H groups in total. The molecule has 1 fully saturated rings. The van der Waals surface area contributed by atoms with Gasteiger partial charge in [0.25, 0.3) is 5.91 Å². The monoisotopic (exact) mass is 259 g/mol. The van der Waals surface area contributed by atoms with Gasteiger partial charge in [0.15, 0.2) is 12.1 Å². The van der Waals surface area contributed by atoms with Crippen molar-refractivity contribution in [2.75, 3.05) is 0 Å². The number of oxazole rings is 1. The highest BCUT2D eigenvalue weighted by Gasteiger charge is 2.22. The lowest BCUT2D eigenvalue weighted by Crippen LogP contribution is -2.40. The van der Waals surface area contributed by atoms with Crippen LogP contribution in [0.3, 0.4) is 0 Å². The van der Waals surface area contributed by atoms with Gasteiger partial charge in [-0.15, -0.1) is 12.4 Å². The molecule has 6 heteroatoms. The van der Waals surface area contributed by atoms with Crippen molar-refractivity contribution in [3.63, 3.8) is 0 Å². The smallest absolute Gasteiger partial charge is 0.273 e. The highest BCUT2D eigenvalue weighted by Crippen LogP contribution is 2.17. The van der Waals surface area contributed by atoms with Gasteiger partial charge in [-0.05, 0) is 32.6 Å². The van der Waals surface area contributed by atoms with Crippen LogP contribution < -0.4 is 11.1 Å². The van der Waals surface area contributed by atoms with E-state index in [1.54, 1.807) is 6.92 Å². The zero-order chi connectivity index (χ0) is 11.5. The second kappa shape index (κ2) is 6.02. The quantitative estimate of drug-likeness (QED) is 0.841. The second-order valence-electron chi connectivity index (χ2n) is 4.34. The number of rotatable bonds is 2. The molecule has 2 rings (SSSR count). The van der Waals surface area contributed by atoms with Crippen LogP contribution in [0.5, 0.6) is 0 Å². The number of aromatic nitrogens is 1. The van der Waals surface area contributed by atoms with E-state index in [0.29, 0.717) is 17.5 Å². The number of carbonyl (C=O) groups excluding carboxylic acids is 1. The topological polar surface area (TPSA) is 81.2 Å². The molecule has 1 amide bonds. The maximum Gasteiger partial charge on any atom is 0.273 e. The summed E-state index contributed by atoms with van der Waals surface area (Å²) in [4.78, 5) is 15.7. The maximum absolute atomic E-state index is 11.8. The van der Waals surface area contributed by atoms with Gasteiger partial charge in [-0.3, -0.25) is 4.79 Å². The molecule has 0 bridgehead atoms. The van der Waals surface area contributed by atoms with Gasteiger partial charge in [0.2, 0.25) is 0 Å². The third kappa shape index (κ3) is 3.44. The second-order valence-corrected chi connectivity index (χ2v) is 4.34. The van der Waals surface area contributed by atoms with E-state index in [0.717, 1.165) is 25.7 Å². The Kier molecular flexibility index (Phi) is 4.96. The van der Waals surface area contributed by atoms with Crippen molar-refractivity contribution in [1.29, 1.82) is 0 Å². The molecule has 96 valence electrons. The van der Waals surface area contributed by atoms with Crippen molar-refractivity contribution in [2.45, 2.75) is 44.7 Å². The van der Waals surface area contributed by atoms with Crippen molar-refractivity contribution in [3.8, 4) is 0 Å². The van der Waals surface area contributed by atoms with Crippen LogP contribution in [-0.2, 0) is 0 Å². The van der Waals surface area contributed by atoms with Gasteiger partial charge in [0.1, 0.15) is 5.76 Å². The first-order valence-electron chi connectivity index (χ1n) is 5.63. The summed E-state index contributed by atoms with van der Waals surface area (Å²) < 4.78 is 5.00. The number of nitrogens with one attached hydrogen (secondary N) is 1. The minimum absolute atomic E-state index is 0. The van der Waals surface area contributed by atoms with E-state index in [1.807, 2.05) is 0 Å². The zero-order valence-electron chi connectivity index (χ0n) is 9.81. The maximum atomic E-state index is 11.8. The van der Waals surface area contributed by atoms with E-state index in [9.17, 15) is 4.79 Å². The van der Waals surface area contributed by atoms with Crippen LogP contribution in [0.25, 0.3) is 0 Å². The van der Waals surface area contributed by atoms with Crippen LogP contribution in [0.15, 0.2) is 10.8 Å². The SMILES string of the molecule is Cc1ocnc1C(=O)NC1CCC(N)CC1.Cl. The molecule has 0 atom stereocenters. The normalized spacial score (nSPS) is 23.9. The van der Waals surface area contributed by atoms with E-state index in [-0.39, 0.29) is 24.4 Å². The molecule has 1 aromatic rings. The zero-order valence-corrected chi connectivity index (χ0v) is 10.6. The fourth-order valence-corrected chi connectivity index (χ4v) is 2.04. The number of nitrogens with two attached hydrogens (primary N) is 1. The van der Waals surface area contributed by atoms with E-state index in [4.69, 9.17) is 10.2 Å². The Morgan fingerprint density at radius 3 is 2.65 bits per heavy atom. The first-order chi connectivity index (χ1) is 7.66. The van der Waals surface area contributed by atoms with Crippen LogP contribution >= 0.6 is 12.4 Å². The Morgan fingerprint density at radius 2 is 2.12 bits per heavy atom.